The minimum Gasteiger partial charge on any atom is -0.508 e. The Bertz CT molecular complexity index is 1810. The molecule has 9 atom stereocenters. The first kappa shape index (κ1) is 48.5. The number of benzene rings is 1. The number of nitrogens with one attached hydrogen (secondary N) is 8. The normalized spacial score (nSPS) is 15.5. The van der Waals surface area contributed by atoms with Crippen LogP contribution in [0.15, 0.2) is 36.8 Å². The smallest absolute Gasteiger partial charge is 0.325 e. The molecule has 0 aliphatic rings. The van der Waals surface area contributed by atoms with Gasteiger partial charge in [0, 0.05) is 24.7 Å². The summed E-state index contributed by atoms with van der Waals surface area (Å²) >= 11 is 0. The number of carboxylic acids is 2. The number of aliphatic hydroxyl groups is 2. The highest BCUT2D eigenvalue weighted by Crippen LogP contribution is 2.13. The second kappa shape index (κ2) is 22.9. The Hall–Kier alpha value is -6.66. The zero-order chi connectivity index (χ0) is 44.6. The summed E-state index contributed by atoms with van der Waals surface area (Å²) in [6.45, 7) is 4.06. The van der Waals surface area contributed by atoms with Crippen LogP contribution in [-0.4, -0.2) is 150 Å². The SMILES string of the molecule is C[C@H](NC(=O)[C@H](Cc1cnc[nH]1)NC(=O)[C@H](C)NC(=O)[C@@H](NC(=O)[C@H](Cc1ccc(O)cc1)NC(=O)[C@@H](NC(=O)[C@H](CC(=O)O)NC(=O)CN)[C@@H](C)O)[C@@H](C)O)C(=O)O. The Morgan fingerprint density at radius 1 is 0.644 bits per heavy atom. The maximum Gasteiger partial charge on any atom is 0.325 e. The molecule has 324 valence electrons. The van der Waals surface area contributed by atoms with Crippen LogP contribution in [0.3, 0.4) is 0 Å². The van der Waals surface area contributed by atoms with Crippen molar-refractivity contribution in [3.8, 4) is 5.75 Å². The number of phenols is 1. The highest BCUT2D eigenvalue weighted by molar-refractivity contribution is 5.98. The van der Waals surface area contributed by atoms with Crippen LogP contribution in [0.4, 0.5) is 0 Å². The highest BCUT2D eigenvalue weighted by Gasteiger charge is 2.36. The van der Waals surface area contributed by atoms with Gasteiger partial charge in [-0.3, -0.25) is 43.2 Å². The van der Waals surface area contributed by atoms with Crippen molar-refractivity contribution < 1.29 is 68.7 Å². The fourth-order valence-corrected chi connectivity index (χ4v) is 5.16. The Labute approximate surface area is 336 Å². The quantitative estimate of drug-likeness (QED) is 0.0497. The number of carbonyl (C=O) groups excluding carboxylic acids is 7. The predicted octanol–water partition coefficient (Wildman–Crippen LogP) is -5.39. The average molecular weight is 835 g/mol. The van der Waals surface area contributed by atoms with Gasteiger partial charge in [0.1, 0.15) is 48.0 Å². The number of aromatic nitrogens is 2. The van der Waals surface area contributed by atoms with Crippen molar-refractivity contribution in [2.45, 2.75) is 101 Å². The third-order valence-electron chi connectivity index (χ3n) is 8.44. The van der Waals surface area contributed by atoms with Crippen molar-refractivity contribution in [3.05, 3.63) is 48.0 Å². The maximum atomic E-state index is 13.8. The molecule has 7 amide bonds. The first-order chi connectivity index (χ1) is 27.6. The molecule has 0 aliphatic heterocycles. The first-order valence-corrected chi connectivity index (χ1v) is 18.0. The lowest BCUT2D eigenvalue weighted by Crippen LogP contribution is -2.62. The van der Waals surface area contributed by atoms with E-state index in [0.717, 1.165) is 13.8 Å². The summed E-state index contributed by atoms with van der Waals surface area (Å²) < 4.78 is 0. The number of nitrogens with two attached hydrogens (primary N) is 1. The molecule has 24 heteroatoms. The van der Waals surface area contributed by atoms with E-state index in [1.807, 2.05) is 0 Å². The molecule has 2 rings (SSSR count). The Morgan fingerprint density at radius 2 is 1.14 bits per heavy atom. The van der Waals surface area contributed by atoms with E-state index in [0.29, 0.717) is 11.3 Å². The van der Waals surface area contributed by atoms with Gasteiger partial charge in [-0.15, -0.1) is 0 Å². The molecule has 24 nitrogen and oxygen atoms in total. The number of phenolic OH excluding ortho intramolecular Hbond substituents is 1. The zero-order valence-corrected chi connectivity index (χ0v) is 32.4. The van der Waals surface area contributed by atoms with E-state index >= 15 is 0 Å². The number of aromatic amines is 1. The summed E-state index contributed by atoms with van der Waals surface area (Å²) in [5.41, 5.74) is 5.99. The maximum absolute atomic E-state index is 13.8. The lowest BCUT2D eigenvalue weighted by atomic mass is 10.0. The van der Waals surface area contributed by atoms with E-state index in [9.17, 15) is 68.7 Å². The van der Waals surface area contributed by atoms with Crippen molar-refractivity contribution in [1.82, 2.24) is 47.2 Å². The molecule has 2 aromatic rings. The van der Waals surface area contributed by atoms with Gasteiger partial charge in [-0.1, -0.05) is 12.1 Å². The summed E-state index contributed by atoms with van der Waals surface area (Å²) in [7, 11) is 0. The van der Waals surface area contributed by atoms with Gasteiger partial charge in [0.05, 0.1) is 31.5 Å². The molecular formula is C35H50N10O14. The van der Waals surface area contributed by atoms with Gasteiger partial charge in [-0.05, 0) is 45.4 Å². The van der Waals surface area contributed by atoms with Crippen molar-refractivity contribution >= 4 is 53.3 Å². The molecule has 1 aromatic carbocycles. The number of hydrogen-bond donors (Lipinski definition) is 14. The van der Waals surface area contributed by atoms with Gasteiger partial charge < -0.3 is 73.5 Å². The largest absolute Gasteiger partial charge is 0.508 e. The predicted molar refractivity (Wildman–Crippen MR) is 201 cm³/mol. The fourth-order valence-electron chi connectivity index (χ4n) is 5.16. The van der Waals surface area contributed by atoms with Crippen LogP contribution in [-0.2, 0) is 56.0 Å². The van der Waals surface area contributed by atoms with Gasteiger partial charge in [0.15, 0.2) is 0 Å². The van der Waals surface area contributed by atoms with Crippen LogP contribution in [0.5, 0.6) is 5.75 Å². The standard InChI is InChI=1S/C35H50N10O14/c1-15(29(52)42-23(10-20-13-37-14-38-20)30(53)40-16(2)35(58)59)39-33(56)27(17(3)46)44-31(54)22(9-19-5-7-21(48)8-6-19)43-34(57)28(18(4)47)45-32(55)24(11-26(50)51)41-25(49)12-36/h5-8,13-18,22-24,27-28,46-48H,9-12,36H2,1-4H3,(H,37,38)(H,39,56)(H,40,53)(H,41,49)(H,42,52)(H,43,57)(H,44,54)(H,45,55)(H,50,51)(H,58,59)/t15-,16-,17+,18+,22-,23-,24-,27-,28-/m0/s1. The molecule has 0 spiro atoms. The van der Waals surface area contributed by atoms with Crippen LogP contribution in [0.25, 0.3) is 0 Å². The average Bonchev–Trinajstić information content (AvgIpc) is 3.68. The topological polar surface area (TPSA) is 394 Å². The van der Waals surface area contributed by atoms with E-state index in [4.69, 9.17) is 5.73 Å². The van der Waals surface area contributed by atoms with E-state index in [1.165, 1.54) is 50.6 Å². The Kier molecular flexibility index (Phi) is 18.8. The van der Waals surface area contributed by atoms with Crippen LogP contribution in [0.1, 0.15) is 45.4 Å². The van der Waals surface area contributed by atoms with E-state index in [2.05, 4.69) is 47.2 Å². The number of nitrogens with zero attached hydrogens (tertiary/aromatic N) is 1. The molecule has 0 radical (unpaired) electrons. The van der Waals surface area contributed by atoms with E-state index in [-0.39, 0.29) is 18.6 Å². The van der Waals surface area contributed by atoms with Crippen molar-refractivity contribution in [2.75, 3.05) is 6.54 Å². The number of carboxylic acid groups (broad SMARTS) is 2. The monoisotopic (exact) mass is 834 g/mol. The van der Waals surface area contributed by atoms with E-state index < -0.39 is 121 Å². The van der Waals surface area contributed by atoms with E-state index in [1.54, 1.807) is 0 Å². The second-order valence-electron chi connectivity index (χ2n) is 13.4. The molecule has 59 heavy (non-hydrogen) atoms. The molecule has 0 saturated heterocycles. The van der Waals surface area contributed by atoms with Crippen molar-refractivity contribution in [3.63, 3.8) is 0 Å². The molecule has 0 unspecified atom stereocenters. The van der Waals surface area contributed by atoms with Gasteiger partial charge in [-0.2, -0.15) is 0 Å². The minimum absolute atomic E-state index is 0.139. The van der Waals surface area contributed by atoms with Crippen LogP contribution in [0, 0.1) is 0 Å². The summed E-state index contributed by atoms with van der Waals surface area (Å²) in [6, 6.07) is -5.71. The number of carbonyl (C=O) groups is 9. The van der Waals surface area contributed by atoms with Crippen LogP contribution < -0.4 is 43.0 Å². The summed E-state index contributed by atoms with van der Waals surface area (Å²) in [5.74, 6) is -10.2. The lowest BCUT2D eigenvalue weighted by molar-refractivity contribution is -0.142. The molecule has 1 heterocycles. The molecule has 0 fully saturated rings. The van der Waals surface area contributed by atoms with Crippen LogP contribution >= 0.6 is 0 Å². The van der Waals surface area contributed by atoms with Crippen molar-refractivity contribution in [2.24, 2.45) is 5.73 Å². The molecule has 1 aromatic heterocycles. The fraction of sp³-hybridized carbons (Fsp3) is 0.486. The molecule has 0 bridgehead atoms. The lowest BCUT2D eigenvalue weighted by Gasteiger charge is -2.28. The number of aliphatic hydroxyl groups excluding tert-OH is 2. The van der Waals surface area contributed by atoms with Gasteiger partial charge >= 0.3 is 11.9 Å². The molecular weight excluding hydrogens is 784 g/mol. The molecule has 0 saturated carbocycles. The number of hydrogen-bond acceptors (Lipinski definition) is 14. The number of aliphatic carboxylic acids is 2. The van der Waals surface area contributed by atoms with Gasteiger partial charge in [-0.25, -0.2) is 4.98 Å². The Morgan fingerprint density at radius 3 is 1.63 bits per heavy atom. The minimum atomic E-state index is -1.84. The third kappa shape index (κ3) is 16.0. The Balaban J connectivity index is 2.30. The second-order valence-corrected chi connectivity index (χ2v) is 13.4. The first-order valence-electron chi connectivity index (χ1n) is 18.0. The summed E-state index contributed by atoms with van der Waals surface area (Å²) in [4.78, 5) is 121. The number of H-pyrrole nitrogens is 1. The number of rotatable bonds is 23. The summed E-state index contributed by atoms with van der Waals surface area (Å²) in [5, 5.41) is 65.0. The summed E-state index contributed by atoms with van der Waals surface area (Å²) in [6.07, 6.45) is -2.02. The number of amides is 7. The number of aromatic hydroxyl groups is 1. The molecule has 0 aliphatic carbocycles. The molecule has 15 N–H and O–H groups in total. The number of imidazole rings is 1. The highest BCUT2D eigenvalue weighted by atomic mass is 16.4. The zero-order valence-electron chi connectivity index (χ0n) is 32.4. The van der Waals surface area contributed by atoms with Crippen LogP contribution in [0.2, 0.25) is 0 Å². The van der Waals surface area contributed by atoms with Gasteiger partial charge in [0.2, 0.25) is 41.4 Å². The van der Waals surface area contributed by atoms with Gasteiger partial charge in [0.25, 0.3) is 0 Å². The third-order valence-corrected chi connectivity index (χ3v) is 8.44. The van der Waals surface area contributed by atoms with Crippen molar-refractivity contribution in [1.29, 1.82) is 0 Å².